The van der Waals surface area contributed by atoms with E-state index in [1.807, 2.05) is 17.0 Å². The van der Waals surface area contributed by atoms with Gasteiger partial charge in [0.1, 0.15) is 21.9 Å². The lowest BCUT2D eigenvalue weighted by Gasteiger charge is -2.15. The van der Waals surface area contributed by atoms with Crippen LogP contribution in [-0.2, 0) is 0 Å². The van der Waals surface area contributed by atoms with Gasteiger partial charge < -0.3 is 10.6 Å². The van der Waals surface area contributed by atoms with Gasteiger partial charge in [0.15, 0.2) is 0 Å². The van der Waals surface area contributed by atoms with Crippen molar-refractivity contribution in [3.8, 4) is 10.6 Å². The Morgan fingerprint density at radius 2 is 2.25 bits per heavy atom. The molecule has 1 aliphatic rings. The summed E-state index contributed by atoms with van der Waals surface area (Å²) in [4.78, 5) is 21.9. The smallest absolute Gasteiger partial charge is 0.260 e. The molecule has 1 unspecified atom stereocenters. The number of halogens is 1. The number of nitrogens with two attached hydrogens (primary N) is 1. The number of amides is 1. The maximum Gasteiger partial charge on any atom is 0.260 e. The average Bonchev–Trinajstić information content (AvgIpc) is 3.08. The standard InChI is InChI=1S/C13H13FN4OS/c14-9-3-4-18(7-9)11-2-1-8(5-16-11)13-17-6-10(20-13)12(15)19/h1-2,5-6,9H,3-4,7H2,(H2,15,19). The highest BCUT2D eigenvalue weighted by Gasteiger charge is 2.22. The minimum atomic E-state index is -0.770. The fourth-order valence-corrected chi connectivity index (χ4v) is 2.91. The Morgan fingerprint density at radius 1 is 1.40 bits per heavy atom. The topological polar surface area (TPSA) is 72.1 Å². The molecule has 104 valence electrons. The number of rotatable bonds is 3. The zero-order valence-corrected chi connectivity index (χ0v) is 11.4. The zero-order chi connectivity index (χ0) is 14.1. The Labute approximate surface area is 119 Å². The van der Waals surface area contributed by atoms with Crippen molar-refractivity contribution in [1.82, 2.24) is 9.97 Å². The summed E-state index contributed by atoms with van der Waals surface area (Å²) in [6.07, 6.45) is 2.93. The maximum atomic E-state index is 13.2. The van der Waals surface area contributed by atoms with E-state index in [2.05, 4.69) is 9.97 Å². The normalized spacial score (nSPS) is 18.4. The SMILES string of the molecule is NC(=O)c1cnc(-c2ccc(N3CCC(F)C3)nc2)s1. The molecule has 1 aliphatic heterocycles. The summed E-state index contributed by atoms with van der Waals surface area (Å²) in [6, 6.07) is 3.72. The van der Waals surface area contributed by atoms with Crippen LogP contribution in [0.25, 0.3) is 10.6 Å². The number of anilines is 1. The zero-order valence-electron chi connectivity index (χ0n) is 10.6. The molecule has 3 rings (SSSR count). The maximum absolute atomic E-state index is 13.2. The van der Waals surface area contributed by atoms with Crippen molar-refractivity contribution >= 4 is 23.1 Å². The van der Waals surface area contributed by atoms with Gasteiger partial charge in [-0.1, -0.05) is 0 Å². The van der Waals surface area contributed by atoms with Crippen molar-refractivity contribution in [1.29, 1.82) is 0 Å². The molecule has 1 atom stereocenters. The van der Waals surface area contributed by atoms with Crippen molar-refractivity contribution in [2.75, 3.05) is 18.0 Å². The molecule has 0 aliphatic carbocycles. The van der Waals surface area contributed by atoms with E-state index < -0.39 is 12.1 Å². The molecule has 5 nitrogen and oxygen atoms in total. The Kier molecular flexibility index (Phi) is 3.35. The molecular weight excluding hydrogens is 279 g/mol. The molecular formula is C13H13FN4OS. The molecule has 3 heterocycles. The Balaban J connectivity index is 1.80. The highest BCUT2D eigenvalue weighted by molar-refractivity contribution is 7.16. The van der Waals surface area contributed by atoms with Crippen LogP contribution in [0.4, 0.5) is 10.2 Å². The molecule has 1 fully saturated rings. The van der Waals surface area contributed by atoms with Gasteiger partial charge in [0.05, 0.1) is 12.7 Å². The van der Waals surface area contributed by atoms with Gasteiger partial charge in [0.25, 0.3) is 5.91 Å². The number of hydrogen-bond acceptors (Lipinski definition) is 5. The van der Waals surface area contributed by atoms with Gasteiger partial charge in [-0.25, -0.2) is 14.4 Å². The molecule has 2 aromatic rings. The number of carbonyl (C=O) groups excluding carboxylic acids is 1. The predicted molar refractivity (Wildman–Crippen MR) is 75.6 cm³/mol. The molecule has 0 spiro atoms. The first-order chi connectivity index (χ1) is 9.63. The minimum absolute atomic E-state index is 0.398. The Bertz CT molecular complexity index is 628. The minimum Gasteiger partial charge on any atom is -0.365 e. The van der Waals surface area contributed by atoms with Gasteiger partial charge in [0.2, 0.25) is 0 Å². The number of thiazole rings is 1. The number of nitrogens with zero attached hydrogens (tertiary/aromatic N) is 3. The number of pyridine rings is 1. The Morgan fingerprint density at radius 3 is 2.80 bits per heavy atom. The van der Waals surface area contributed by atoms with Gasteiger partial charge in [-0.15, -0.1) is 11.3 Å². The second kappa shape index (κ2) is 5.16. The summed E-state index contributed by atoms with van der Waals surface area (Å²) in [7, 11) is 0. The quantitative estimate of drug-likeness (QED) is 0.937. The van der Waals surface area contributed by atoms with Crippen LogP contribution in [0.5, 0.6) is 0 Å². The summed E-state index contributed by atoms with van der Waals surface area (Å²) in [5.41, 5.74) is 6.02. The van der Waals surface area contributed by atoms with Gasteiger partial charge in [0, 0.05) is 18.3 Å². The predicted octanol–water partition coefficient (Wildman–Crippen LogP) is 1.85. The summed E-state index contributed by atoms with van der Waals surface area (Å²) in [5.74, 6) is 0.282. The molecule has 0 radical (unpaired) electrons. The van der Waals surface area contributed by atoms with E-state index in [0.717, 1.165) is 11.4 Å². The van der Waals surface area contributed by atoms with Crippen LogP contribution in [0.3, 0.4) is 0 Å². The van der Waals surface area contributed by atoms with Crippen molar-refractivity contribution in [2.24, 2.45) is 5.73 Å². The van der Waals surface area contributed by atoms with Crippen molar-refractivity contribution in [3.63, 3.8) is 0 Å². The van der Waals surface area contributed by atoms with Crippen molar-refractivity contribution < 1.29 is 9.18 Å². The summed E-state index contributed by atoms with van der Waals surface area (Å²) in [5, 5.41) is 0.697. The van der Waals surface area contributed by atoms with Gasteiger partial charge in [-0.3, -0.25) is 4.79 Å². The fraction of sp³-hybridized carbons (Fsp3) is 0.308. The first-order valence-electron chi connectivity index (χ1n) is 6.24. The molecule has 0 saturated carbocycles. The van der Waals surface area contributed by atoms with E-state index in [0.29, 0.717) is 29.4 Å². The monoisotopic (exact) mass is 292 g/mol. The molecule has 0 aromatic carbocycles. The van der Waals surface area contributed by atoms with Crippen LogP contribution in [0.2, 0.25) is 0 Å². The average molecular weight is 292 g/mol. The number of aromatic nitrogens is 2. The third-order valence-electron chi connectivity index (χ3n) is 3.20. The van der Waals surface area contributed by atoms with Crippen LogP contribution < -0.4 is 10.6 Å². The molecule has 2 N–H and O–H groups in total. The van der Waals surface area contributed by atoms with Gasteiger partial charge >= 0.3 is 0 Å². The van der Waals surface area contributed by atoms with E-state index in [1.165, 1.54) is 17.5 Å². The second-order valence-electron chi connectivity index (χ2n) is 4.63. The second-order valence-corrected chi connectivity index (χ2v) is 5.66. The van der Waals surface area contributed by atoms with E-state index in [4.69, 9.17) is 5.73 Å². The van der Waals surface area contributed by atoms with Crippen LogP contribution in [-0.4, -0.2) is 35.1 Å². The third kappa shape index (κ3) is 2.49. The van der Waals surface area contributed by atoms with Gasteiger partial charge in [-0.2, -0.15) is 0 Å². The highest BCUT2D eigenvalue weighted by Crippen LogP contribution is 2.26. The van der Waals surface area contributed by atoms with Crippen molar-refractivity contribution in [3.05, 3.63) is 29.4 Å². The van der Waals surface area contributed by atoms with E-state index >= 15 is 0 Å². The Hall–Kier alpha value is -2.02. The summed E-state index contributed by atoms with van der Waals surface area (Å²) < 4.78 is 13.2. The summed E-state index contributed by atoms with van der Waals surface area (Å²) in [6.45, 7) is 1.09. The van der Waals surface area contributed by atoms with Crippen LogP contribution >= 0.6 is 11.3 Å². The van der Waals surface area contributed by atoms with Crippen molar-refractivity contribution in [2.45, 2.75) is 12.6 Å². The van der Waals surface area contributed by atoms with Crippen LogP contribution in [0.1, 0.15) is 16.1 Å². The number of carbonyl (C=O) groups is 1. The highest BCUT2D eigenvalue weighted by atomic mass is 32.1. The van der Waals surface area contributed by atoms with Gasteiger partial charge in [-0.05, 0) is 18.6 Å². The number of primary amides is 1. The first-order valence-corrected chi connectivity index (χ1v) is 7.06. The van der Waals surface area contributed by atoms with E-state index in [9.17, 15) is 9.18 Å². The number of alkyl halides is 1. The fourth-order valence-electron chi connectivity index (χ4n) is 2.15. The number of hydrogen-bond donors (Lipinski definition) is 1. The molecule has 1 saturated heterocycles. The lowest BCUT2D eigenvalue weighted by Crippen LogP contribution is -2.20. The molecule has 2 aromatic heterocycles. The first kappa shape index (κ1) is 13.0. The lowest BCUT2D eigenvalue weighted by molar-refractivity contribution is 0.100. The lowest BCUT2D eigenvalue weighted by atomic mass is 10.3. The van der Waals surface area contributed by atoms with E-state index in [1.54, 1.807) is 6.20 Å². The molecule has 20 heavy (non-hydrogen) atoms. The van der Waals surface area contributed by atoms with E-state index in [-0.39, 0.29) is 0 Å². The van der Waals surface area contributed by atoms with Crippen LogP contribution in [0, 0.1) is 0 Å². The summed E-state index contributed by atoms with van der Waals surface area (Å²) >= 11 is 1.23. The molecule has 0 bridgehead atoms. The molecule has 7 heteroatoms. The molecule has 1 amide bonds. The van der Waals surface area contributed by atoms with Crippen LogP contribution in [0.15, 0.2) is 24.5 Å². The third-order valence-corrected chi connectivity index (χ3v) is 4.26. The largest absolute Gasteiger partial charge is 0.365 e.